The van der Waals surface area contributed by atoms with Gasteiger partial charge in [-0.2, -0.15) is 0 Å². The molecule has 1 N–H and O–H groups in total. The third-order valence-corrected chi connectivity index (χ3v) is 8.63. The van der Waals surface area contributed by atoms with Gasteiger partial charge in [0.05, 0.1) is 172 Å². The first-order valence-corrected chi connectivity index (χ1v) is 20.8. The number of benzene rings is 2. The lowest BCUT2D eigenvalue weighted by Gasteiger charge is -2.14. The first-order valence-electron chi connectivity index (χ1n) is 20.8. The Balaban J connectivity index is 0.922. The molecule has 0 saturated carbocycles. The number of nitrogens with one attached hydrogen (secondary N) is 1. The van der Waals surface area contributed by atoms with Crippen LogP contribution in [0.15, 0.2) is 48.5 Å². The van der Waals surface area contributed by atoms with Crippen molar-refractivity contribution in [3.8, 4) is 11.1 Å². The van der Waals surface area contributed by atoms with Gasteiger partial charge in [0.15, 0.2) is 0 Å². The van der Waals surface area contributed by atoms with Crippen LogP contribution < -0.4 is 5.32 Å². The van der Waals surface area contributed by atoms with Gasteiger partial charge in [-0.3, -0.25) is 4.79 Å². The lowest BCUT2D eigenvalue weighted by molar-refractivity contribution is -0.141. The number of carbonyl (C=O) groups is 2. The van der Waals surface area contributed by atoms with E-state index in [1.807, 2.05) is 24.3 Å². The minimum atomic E-state index is -0.457. The number of methoxy groups -OCH3 is 1. The molecule has 0 bridgehead atoms. The van der Waals surface area contributed by atoms with E-state index in [1.54, 1.807) is 0 Å². The van der Waals surface area contributed by atoms with Crippen LogP contribution >= 0.6 is 0 Å². The molecule has 0 atom stereocenters. The molecule has 0 saturated heterocycles. The van der Waals surface area contributed by atoms with E-state index < -0.39 is 6.09 Å². The Morgan fingerprint density at radius 3 is 1.07 bits per heavy atom. The van der Waals surface area contributed by atoms with Gasteiger partial charge in [0.1, 0.15) is 6.61 Å². The molecule has 1 aliphatic rings. The number of fused-ring (bicyclic) bond motifs is 3. The average molecular weight is 854 g/mol. The quantitative estimate of drug-likeness (QED) is 0.0762. The first kappa shape index (κ1) is 51.1. The van der Waals surface area contributed by atoms with Gasteiger partial charge in [-0.25, -0.2) is 4.79 Å². The van der Waals surface area contributed by atoms with Gasteiger partial charge in [-0.05, 0) is 22.3 Å². The average Bonchev–Trinajstić information content (AvgIpc) is 3.59. The van der Waals surface area contributed by atoms with Crippen molar-refractivity contribution in [3.05, 3.63) is 59.7 Å². The highest BCUT2D eigenvalue weighted by molar-refractivity contribution is 5.79. The van der Waals surface area contributed by atoms with E-state index in [9.17, 15) is 9.59 Å². The number of amides is 1. The molecular weight excluding hydrogens is 786 g/mol. The SMILES string of the molecule is COC(=O)CCOCCOCCOCCOCCOCCOCCOCCOCCOCCOCCOCCOCCNC(=O)OCC1c2ccccc2-c2ccccc21. The molecule has 0 unspecified atom stereocenters. The Kier molecular flexibility index (Phi) is 30.9. The van der Waals surface area contributed by atoms with Crippen molar-refractivity contribution in [1.29, 1.82) is 0 Å². The maximum absolute atomic E-state index is 12.3. The van der Waals surface area contributed by atoms with E-state index in [4.69, 9.17) is 61.6 Å². The van der Waals surface area contributed by atoms with Crippen LogP contribution in [0.2, 0.25) is 0 Å². The minimum absolute atomic E-state index is 0.0319. The largest absolute Gasteiger partial charge is 0.469 e. The first-order chi connectivity index (χ1) is 29.7. The molecule has 0 heterocycles. The van der Waals surface area contributed by atoms with Crippen LogP contribution in [0.25, 0.3) is 11.1 Å². The number of carbonyl (C=O) groups excluding carboxylic acids is 2. The van der Waals surface area contributed by atoms with Crippen molar-refractivity contribution in [3.63, 3.8) is 0 Å². The summed E-state index contributed by atoms with van der Waals surface area (Å²) < 4.78 is 75.7. The van der Waals surface area contributed by atoms with E-state index in [1.165, 1.54) is 29.4 Å². The lowest BCUT2D eigenvalue weighted by Crippen LogP contribution is -2.29. The van der Waals surface area contributed by atoms with Crippen molar-refractivity contribution in [2.45, 2.75) is 12.3 Å². The van der Waals surface area contributed by atoms with Gasteiger partial charge in [0.2, 0.25) is 0 Å². The lowest BCUT2D eigenvalue weighted by atomic mass is 9.98. The van der Waals surface area contributed by atoms with E-state index >= 15 is 0 Å². The maximum Gasteiger partial charge on any atom is 0.407 e. The number of alkyl carbamates (subject to hydrolysis) is 1. The number of esters is 1. The molecule has 1 amide bonds. The minimum Gasteiger partial charge on any atom is -0.469 e. The molecule has 340 valence electrons. The monoisotopic (exact) mass is 853 g/mol. The van der Waals surface area contributed by atoms with Crippen LogP contribution in [-0.4, -0.2) is 191 Å². The molecule has 2 aromatic rings. The zero-order chi connectivity index (χ0) is 42.4. The molecule has 0 aromatic heterocycles. The fourth-order valence-corrected chi connectivity index (χ4v) is 5.65. The van der Waals surface area contributed by atoms with E-state index in [0.717, 1.165) is 0 Å². The number of ether oxygens (including phenoxy) is 14. The third-order valence-electron chi connectivity index (χ3n) is 8.63. The molecule has 1 aliphatic carbocycles. The summed E-state index contributed by atoms with van der Waals surface area (Å²) in [4.78, 5) is 23.2. The Labute approximate surface area is 354 Å². The van der Waals surface area contributed by atoms with Crippen LogP contribution in [0.3, 0.4) is 0 Å². The summed E-state index contributed by atoms with van der Waals surface area (Å²) in [5.41, 5.74) is 4.76. The highest BCUT2D eigenvalue weighted by Crippen LogP contribution is 2.44. The molecule has 0 fully saturated rings. The van der Waals surface area contributed by atoms with Crippen molar-refractivity contribution in [2.24, 2.45) is 0 Å². The summed E-state index contributed by atoms with van der Waals surface area (Å²) in [6.45, 7) is 11.6. The van der Waals surface area contributed by atoms with Crippen molar-refractivity contribution in [1.82, 2.24) is 5.32 Å². The zero-order valence-electron chi connectivity index (χ0n) is 35.3. The highest BCUT2D eigenvalue weighted by atomic mass is 16.6. The van der Waals surface area contributed by atoms with Crippen LogP contribution in [-0.2, 0) is 71.1 Å². The van der Waals surface area contributed by atoms with E-state index in [0.29, 0.717) is 165 Å². The molecule has 3 rings (SSSR count). The predicted molar refractivity (Wildman–Crippen MR) is 220 cm³/mol. The molecule has 17 nitrogen and oxygen atoms in total. The summed E-state index contributed by atoms with van der Waals surface area (Å²) in [7, 11) is 1.35. The van der Waals surface area contributed by atoms with E-state index in [-0.39, 0.29) is 24.9 Å². The molecule has 2 aromatic carbocycles. The summed E-state index contributed by atoms with van der Waals surface area (Å²) in [5, 5.41) is 2.74. The van der Waals surface area contributed by atoms with Gasteiger partial charge >= 0.3 is 12.1 Å². The van der Waals surface area contributed by atoms with Crippen LogP contribution in [0, 0.1) is 0 Å². The van der Waals surface area contributed by atoms with Crippen molar-refractivity contribution >= 4 is 12.1 Å². The van der Waals surface area contributed by atoms with Gasteiger partial charge in [0, 0.05) is 12.5 Å². The Hall–Kier alpha value is -3.30. The summed E-state index contributed by atoms with van der Waals surface area (Å²) in [5.74, 6) is -0.259. The predicted octanol–water partition coefficient (Wildman–Crippen LogP) is 3.29. The second-order valence-corrected chi connectivity index (χ2v) is 12.9. The number of hydrogen-bond acceptors (Lipinski definition) is 16. The van der Waals surface area contributed by atoms with Crippen LogP contribution in [0.4, 0.5) is 4.79 Å². The molecule has 17 heteroatoms. The summed E-state index contributed by atoms with van der Waals surface area (Å²) in [6.07, 6.45) is -0.218. The smallest absolute Gasteiger partial charge is 0.407 e. The molecule has 0 spiro atoms. The molecule has 0 radical (unpaired) electrons. The normalized spacial score (nSPS) is 12.1. The molecule has 0 aliphatic heterocycles. The van der Waals surface area contributed by atoms with Crippen molar-refractivity contribution < 1.29 is 75.9 Å². The van der Waals surface area contributed by atoms with Gasteiger partial charge < -0.3 is 71.6 Å². The standard InChI is InChI=1S/C43H67NO16/c1-47-42(45)10-12-48-14-16-50-18-20-52-22-24-54-26-28-56-30-32-58-34-35-59-33-31-57-29-27-55-25-23-53-21-19-51-17-15-49-13-11-44-43(46)60-36-41-39-8-4-2-6-37(39)38-7-3-5-9-40(38)41/h2-9,41H,10-36H2,1H3,(H,44,46). The fourth-order valence-electron chi connectivity index (χ4n) is 5.65. The van der Waals surface area contributed by atoms with Crippen LogP contribution in [0.1, 0.15) is 23.5 Å². The van der Waals surface area contributed by atoms with Gasteiger partial charge in [-0.15, -0.1) is 0 Å². The second kappa shape index (κ2) is 36.4. The topological polar surface area (TPSA) is 175 Å². The Bertz CT molecular complexity index is 1310. The zero-order valence-corrected chi connectivity index (χ0v) is 35.3. The number of hydrogen-bond donors (Lipinski definition) is 1. The maximum atomic E-state index is 12.3. The van der Waals surface area contributed by atoms with E-state index in [2.05, 4.69) is 34.3 Å². The van der Waals surface area contributed by atoms with Crippen molar-refractivity contribution in [2.75, 3.05) is 179 Å². The highest BCUT2D eigenvalue weighted by Gasteiger charge is 2.29. The number of rotatable bonds is 41. The van der Waals surface area contributed by atoms with Crippen LogP contribution in [0.5, 0.6) is 0 Å². The fraction of sp³-hybridized carbons (Fsp3) is 0.674. The Morgan fingerprint density at radius 1 is 0.433 bits per heavy atom. The second-order valence-electron chi connectivity index (χ2n) is 12.9. The summed E-state index contributed by atoms with van der Waals surface area (Å²) >= 11 is 0. The summed E-state index contributed by atoms with van der Waals surface area (Å²) in [6, 6.07) is 16.5. The molecule has 60 heavy (non-hydrogen) atoms. The Morgan fingerprint density at radius 2 is 0.733 bits per heavy atom. The third kappa shape index (κ3) is 24.8. The van der Waals surface area contributed by atoms with Gasteiger partial charge in [-0.1, -0.05) is 48.5 Å². The molecular formula is C43H67NO16. The van der Waals surface area contributed by atoms with Gasteiger partial charge in [0.25, 0.3) is 0 Å².